The standard InChI is InChI=1S/C22H25N3O3/c1-6-9-28-22-20(23-16-11-14(3)15(4)12-17(16)25-22)21(26)24-18-10-13(2)7-8-19(18)27-5/h7-8,10-12H,6,9H2,1-5H3,(H,24,26). The van der Waals surface area contributed by atoms with Gasteiger partial charge in [0.1, 0.15) is 5.75 Å². The number of carbonyl (C=O) groups excluding carboxylic acids is 1. The van der Waals surface area contributed by atoms with Crippen molar-refractivity contribution in [3.8, 4) is 11.6 Å². The number of hydrogen-bond acceptors (Lipinski definition) is 5. The quantitative estimate of drug-likeness (QED) is 0.677. The van der Waals surface area contributed by atoms with Crippen molar-refractivity contribution in [1.29, 1.82) is 0 Å². The Kier molecular flexibility index (Phi) is 5.78. The van der Waals surface area contributed by atoms with Crippen LogP contribution in [0.1, 0.15) is 40.5 Å². The van der Waals surface area contributed by atoms with Gasteiger partial charge in [0.05, 0.1) is 30.4 Å². The summed E-state index contributed by atoms with van der Waals surface area (Å²) in [5.41, 5.74) is 5.32. The number of aryl methyl sites for hydroxylation is 3. The zero-order chi connectivity index (χ0) is 20.3. The van der Waals surface area contributed by atoms with E-state index in [-0.39, 0.29) is 17.5 Å². The monoisotopic (exact) mass is 379 g/mol. The Balaban J connectivity index is 2.05. The number of rotatable bonds is 6. The highest BCUT2D eigenvalue weighted by molar-refractivity contribution is 6.06. The second-order valence-electron chi connectivity index (χ2n) is 6.81. The largest absolute Gasteiger partial charge is 0.495 e. The molecule has 0 radical (unpaired) electrons. The van der Waals surface area contributed by atoms with Crippen molar-refractivity contribution in [3.63, 3.8) is 0 Å². The van der Waals surface area contributed by atoms with Crippen LogP contribution in [0, 0.1) is 20.8 Å². The minimum absolute atomic E-state index is 0.160. The number of hydrogen-bond donors (Lipinski definition) is 1. The van der Waals surface area contributed by atoms with E-state index in [0.29, 0.717) is 29.1 Å². The number of nitrogens with one attached hydrogen (secondary N) is 1. The van der Waals surface area contributed by atoms with Gasteiger partial charge < -0.3 is 14.8 Å². The van der Waals surface area contributed by atoms with Crippen molar-refractivity contribution < 1.29 is 14.3 Å². The lowest BCUT2D eigenvalue weighted by Crippen LogP contribution is -2.17. The van der Waals surface area contributed by atoms with Gasteiger partial charge in [-0.1, -0.05) is 13.0 Å². The highest BCUT2D eigenvalue weighted by Gasteiger charge is 2.20. The number of aromatic nitrogens is 2. The van der Waals surface area contributed by atoms with E-state index in [0.717, 1.165) is 23.1 Å². The summed E-state index contributed by atoms with van der Waals surface area (Å²) in [6, 6.07) is 9.49. The number of nitrogens with zero attached hydrogens (tertiary/aromatic N) is 2. The molecule has 1 heterocycles. The number of anilines is 1. The minimum atomic E-state index is -0.386. The molecule has 0 unspecified atom stereocenters. The van der Waals surface area contributed by atoms with E-state index in [9.17, 15) is 4.79 Å². The molecule has 0 saturated carbocycles. The minimum Gasteiger partial charge on any atom is -0.495 e. The first-order valence-corrected chi connectivity index (χ1v) is 9.30. The molecule has 1 aromatic heterocycles. The molecule has 146 valence electrons. The fourth-order valence-corrected chi connectivity index (χ4v) is 2.84. The Bertz CT molecular complexity index is 1030. The fraction of sp³-hybridized carbons (Fsp3) is 0.318. The van der Waals surface area contributed by atoms with Crippen LogP contribution in [0.25, 0.3) is 11.0 Å². The molecule has 0 saturated heterocycles. The first-order valence-electron chi connectivity index (χ1n) is 9.30. The van der Waals surface area contributed by atoms with Gasteiger partial charge in [0, 0.05) is 0 Å². The van der Waals surface area contributed by atoms with Gasteiger partial charge in [-0.15, -0.1) is 0 Å². The molecule has 0 aliphatic heterocycles. The molecular weight excluding hydrogens is 354 g/mol. The first kappa shape index (κ1) is 19.6. The fourth-order valence-electron chi connectivity index (χ4n) is 2.84. The average molecular weight is 379 g/mol. The van der Waals surface area contributed by atoms with E-state index >= 15 is 0 Å². The maximum Gasteiger partial charge on any atom is 0.280 e. The summed E-state index contributed by atoms with van der Waals surface area (Å²) < 4.78 is 11.1. The third-order valence-electron chi connectivity index (χ3n) is 4.51. The number of carbonyl (C=O) groups is 1. The van der Waals surface area contributed by atoms with Crippen molar-refractivity contribution in [2.24, 2.45) is 0 Å². The number of amides is 1. The van der Waals surface area contributed by atoms with Crippen LogP contribution in [0.4, 0.5) is 5.69 Å². The van der Waals surface area contributed by atoms with Crippen LogP contribution in [-0.4, -0.2) is 29.6 Å². The van der Waals surface area contributed by atoms with Gasteiger partial charge in [0.25, 0.3) is 5.91 Å². The van der Waals surface area contributed by atoms with Crippen molar-refractivity contribution in [3.05, 3.63) is 52.7 Å². The topological polar surface area (TPSA) is 73.3 Å². The predicted octanol–water partition coefficient (Wildman–Crippen LogP) is 4.60. The number of ether oxygens (including phenoxy) is 2. The summed E-state index contributed by atoms with van der Waals surface area (Å²) in [6.07, 6.45) is 0.805. The Morgan fingerprint density at radius 2 is 1.71 bits per heavy atom. The zero-order valence-corrected chi connectivity index (χ0v) is 16.9. The molecule has 0 atom stereocenters. The van der Waals surface area contributed by atoms with Gasteiger partial charge in [-0.05, 0) is 68.1 Å². The molecule has 0 spiro atoms. The lowest BCUT2D eigenvalue weighted by atomic mass is 10.1. The second-order valence-corrected chi connectivity index (χ2v) is 6.81. The van der Waals surface area contributed by atoms with Crippen LogP contribution in [0.15, 0.2) is 30.3 Å². The van der Waals surface area contributed by atoms with Crippen molar-refractivity contribution >= 4 is 22.6 Å². The van der Waals surface area contributed by atoms with Crippen LogP contribution < -0.4 is 14.8 Å². The van der Waals surface area contributed by atoms with Gasteiger partial charge in [-0.3, -0.25) is 4.79 Å². The summed E-state index contributed by atoms with van der Waals surface area (Å²) in [5, 5.41) is 2.88. The third kappa shape index (κ3) is 4.06. The Morgan fingerprint density at radius 3 is 2.36 bits per heavy atom. The molecule has 2 aromatic carbocycles. The predicted molar refractivity (Wildman–Crippen MR) is 110 cm³/mol. The summed E-state index contributed by atoms with van der Waals surface area (Å²) >= 11 is 0. The number of fused-ring (bicyclic) bond motifs is 1. The van der Waals surface area contributed by atoms with E-state index in [1.54, 1.807) is 7.11 Å². The van der Waals surface area contributed by atoms with E-state index < -0.39 is 0 Å². The van der Waals surface area contributed by atoms with E-state index in [1.165, 1.54) is 0 Å². The van der Waals surface area contributed by atoms with E-state index in [4.69, 9.17) is 9.47 Å². The molecule has 0 bridgehead atoms. The number of methoxy groups -OCH3 is 1. The highest BCUT2D eigenvalue weighted by atomic mass is 16.5. The second kappa shape index (κ2) is 8.25. The average Bonchev–Trinajstić information content (AvgIpc) is 2.67. The van der Waals surface area contributed by atoms with Crippen LogP contribution in [-0.2, 0) is 0 Å². The van der Waals surface area contributed by atoms with Crippen molar-refractivity contribution in [1.82, 2.24) is 9.97 Å². The van der Waals surface area contributed by atoms with E-state index in [2.05, 4.69) is 15.3 Å². The number of benzene rings is 2. The van der Waals surface area contributed by atoms with Gasteiger partial charge in [-0.25, -0.2) is 9.97 Å². The van der Waals surface area contributed by atoms with E-state index in [1.807, 2.05) is 58.0 Å². The van der Waals surface area contributed by atoms with Crippen LogP contribution in [0.5, 0.6) is 11.6 Å². The highest BCUT2D eigenvalue weighted by Crippen LogP contribution is 2.27. The van der Waals surface area contributed by atoms with Crippen LogP contribution in [0.3, 0.4) is 0 Å². The molecular formula is C22H25N3O3. The lowest BCUT2D eigenvalue weighted by Gasteiger charge is -2.14. The normalized spacial score (nSPS) is 10.8. The zero-order valence-electron chi connectivity index (χ0n) is 16.9. The molecule has 28 heavy (non-hydrogen) atoms. The molecule has 0 fully saturated rings. The maximum atomic E-state index is 13.0. The molecule has 1 N–H and O–H groups in total. The SMILES string of the molecule is CCCOc1nc2cc(C)c(C)cc2nc1C(=O)Nc1cc(C)ccc1OC. The Hall–Kier alpha value is -3.15. The molecule has 6 heteroatoms. The maximum absolute atomic E-state index is 13.0. The summed E-state index contributed by atoms with van der Waals surface area (Å²) in [4.78, 5) is 22.1. The molecule has 3 rings (SSSR count). The van der Waals surface area contributed by atoms with Gasteiger partial charge in [-0.2, -0.15) is 0 Å². The van der Waals surface area contributed by atoms with Crippen LogP contribution >= 0.6 is 0 Å². The van der Waals surface area contributed by atoms with Crippen molar-refractivity contribution in [2.45, 2.75) is 34.1 Å². The smallest absolute Gasteiger partial charge is 0.280 e. The van der Waals surface area contributed by atoms with Gasteiger partial charge >= 0.3 is 0 Å². The molecule has 1 amide bonds. The molecule has 6 nitrogen and oxygen atoms in total. The van der Waals surface area contributed by atoms with Crippen molar-refractivity contribution in [2.75, 3.05) is 19.0 Å². The molecule has 0 aliphatic rings. The Labute approximate surface area is 164 Å². The summed E-state index contributed by atoms with van der Waals surface area (Å²) in [7, 11) is 1.57. The summed E-state index contributed by atoms with van der Waals surface area (Å²) in [6.45, 7) is 8.44. The molecule has 0 aliphatic carbocycles. The third-order valence-corrected chi connectivity index (χ3v) is 4.51. The summed E-state index contributed by atoms with van der Waals surface area (Å²) in [5.74, 6) is 0.430. The van der Waals surface area contributed by atoms with Crippen LogP contribution in [0.2, 0.25) is 0 Å². The van der Waals surface area contributed by atoms with Gasteiger partial charge in [0.2, 0.25) is 5.88 Å². The Morgan fingerprint density at radius 1 is 1.04 bits per heavy atom. The molecule has 3 aromatic rings. The van der Waals surface area contributed by atoms with Gasteiger partial charge in [0.15, 0.2) is 5.69 Å². The lowest BCUT2D eigenvalue weighted by molar-refractivity contribution is 0.101. The first-order chi connectivity index (χ1) is 13.4.